The maximum atomic E-state index is 12.5. The lowest BCUT2D eigenvalue weighted by Gasteiger charge is -2.30. The van der Waals surface area contributed by atoms with Crippen molar-refractivity contribution in [2.45, 2.75) is 65.8 Å². The second-order valence-electron chi connectivity index (χ2n) is 8.15. The molecule has 1 aromatic rings. The molecule has 1 aromatic carbocycles. The number of hydrogen-bond donors (Lipinski definition) is 2. The van der Waals surface area contributed by atoms with Crippen LogP contribution in [-0.4, -0.2) is 17.4 Å². The summed E-state index contributed by atoms with van der Waals surface area (Å²) in [6, 6.07) is 6.08. The summed E-state index contributed by atoms with van der Waals surface area (Å²) in [5.41, 5.74) is 2.96. The van der Waals surface area contributed by atoms with E-state index >= 15 is 0 Å². The molecule has 0 unspecified atom stereocenters. The van der Waals surface area contributed by atoms with Gasteiger partial charge in [-0.15, -0.1) is 0 Å². The fraction of sp³-hybridized carbons (Fsp3) is 0.600. The van der Waals surface area contributed by atoms with Crippen molar-refractivity contribution in [3.8, 4) is 0 Å². The molecule has 1 fully saturated rings. The van der Waals surface area contributed by atoms with Crippen LogP contribution in [0.25, 0.3) is 0 Å². The zero-order chi connectivity index (χ0) is 17.9. The first-order valence-corrected chi connectivity index (χ1v) is 8.85. The number of amides is 2. The number of hydrogen-bond acceptors (Lipinski definition) is 2. The number of carbonyl (C=O) groups excluding carboxylic acids is 2. The van der Waals surface area contributed by atoms with Gasteiger partial charge < -0.3 is 10.6 Å². The number of rotatable bonds is 3. The van der Waals surface area contributed by atoms with Crippen molar-refractivity contribution in [2.24, 2.45) is 11.8 Å². The molecule has 0 radical (unpaired) electrons. The first kappa shape index (κ1) is 18.5. The highest BCUT2D eigenvalue weighted by atomic mass is 16.2. The number of aryl methyl sites for hydroxylation is 2. The van der Waals surface area contributed by atoms with Gasteiger partial charge in [-0.2, -0.15) is 0 Å². The van der Waals surface area contributed by atoms with Gasteiger partial charge in [-0.25, -0.2) is 0 Å². The second-order valence-corrected chi connectivity index (χ2v) is 8.15. The topological polar surface area (TPSA) is 58.2 Å². The van der Waals surface area contributed by atoms with Crippen LogP contribution in [0.5, 0.6) is 0 Å². The lowest BCUT2D eigenvalue weighted by atomic mass is 9.81. The van der Waals surface area contributed by atoms with E-state index in [0.29, 0.717) is 0 Å². The molecule has 4 heteroatoms. The average Bonchev–Trinajstić information content (AvgIpc) is 2.44. The lowest BCUT2D eigenvalue weighted by molar-refractivity contribution is -0.129. The van der Waals surface area contributed by atoms with E-state index in [1.165, 1.54) is 0 Å². The van der Waals surface area contributed by atoms with E-state index in [1.807, 2.05) is 46.8 Å². The molecule has 0 aliphatic heterocycles. The van der Waals surface area contributed by atoms with Gasteiger partial charge >= 0.3 is 0 Å². The average molecular weight is 330 g/mol. The SMILES string of the molecule is Cc1cc(C)cc(NC(=O)C2CCC(C(=O)NC(C)(C)C)CC2)c1. The Morgan fingerprint density at radius 3 is 1.79 bits per heavy atom. The first-order chi connectivity index (χ1) is 11.1. The zero-order valence-corrected chi connectivity index (χ0v) is 15.5. The van der Waals surface area contributed by atoms with E-state index in [2.05, 4.69) is 16.7 Å². The Balaban J connectivity index is 1.87. The van der Waals surface area contributed by atoms with E-state index < -0.39 is 0 Å². The Morgan fingerprint density at radius 1 is 0.875 bits per heavy atom. The quantitative estimate of drug-likeness (QED) is 0.881. The summed E-state index contributed by atoms with van der Waals surface area (Å²) in [4.78, 5) is 24.7. The van der Waals surface area contributed by atoms with Crippen molar-refractivity contribution in [1.82, 2.24) is 5.32 Å². The Kier molecular flexibility index (Phi) is 5.68. The van der Waals surface area contributed by atoms with Crippen molar-refractivity contribution in [3.63, 3.8) is 0 Å². The Bertz CT molecular complexity index is 588. The van der Waals surface area contributed by atoms with Crippen molar-refractivity contribution >= 4 is 17.5 Å². The summed E-state index contributed by atoms with van der Waals surface area (Å²) < 4.78 is 0. The monoisotopic (exact) mass is 330 g/mol. The predicted octanol–water partition coefficient (Wildman–Crippen LogP) is 3.96. The van der Waals surface area contributed by atoms with Crippen LogP contribution < -0.4 is 10.6 Å². The van der Waals surface area contributed by atoms with Crippen LogP contribution in [0, 0.1) is 25.7 Å². The van der Waals surface area contributed by atoms with Crippen LogP contribution in [0.3, 0.4) is 0 Å². The molecule has 24 heavy (non-hydrogen) atoms. The van der Waals surface area contributed by atoms with Crippen molar-refractivity contribution < 1.29 is 9.59 Å². The van der Waals surface area contributed by atoms with E-state index in [4.69, 9.17) is 0 Å². The molecule has 1 aliphatic rings. The highest BCUT2D eigenvalue weighted by Gasteiger charge is 2.31. The summed E-state index contributed by atoms with van der Waals surface area (Å²) in [7, 11) is 0. The molecule has 0 spiro atoms. The van der Waals surface area contributed by atoms with Gasteiger partial charge in [-0.05, 0) is 83.6 Å². The number of benzene rings is 1. The third-order valence-electron chi connectivity index (χ3n) is 4.46. The second kappa shape index (κ2) is 7.37. The minimum Gasteiger partial charge on any atom is -0.351 e. The van der Waals surface area contributed by atoms with Gasteiger partial charge in [0.2, 0.25) is 11.8 Å². The summed E-state index contributed by atoms with van der Waals surface area (Å²) in [6.45, 7) is 10.0. The Hall–Kier alpha value is -1.84. The molecule has 0 aromatic heterocycles. The minimum absolute atomic E-state index is 0.00417. The number of nitrogens with one attached hydrogen (secondary N) is 2. The fourth-order valence-corrected chi connectivity index (χ4v) is 3.38. The van der Waals surface area contributed by atoms with Crippen molar-refractivity contribution in [2.75, 3.05) is 5.32 Å². The van der Waals surface area contributed by atoms with Crippen LogP contribution >= 0.6 is 0 Å². The molecule has 2 rings (SSSR count). The molecule has 2 N–H and O–H groups in total. The normalized spacial score (nSPS) is 21.2. The molecule has 0 bridgehead atoms. The van der Waals surface area contributed by atoms with Crippen LogP contribution in [0.15, 0.2) is 18.2 Å². The van der Waals surface area contributed by atoms with Crippen LogP contribution in [0.1, 0.15) is 57.6 Å². The molecule has 4 nitrogen and oxygen atoms in total. The summed E-state index contributed by atoms with van der Waals surface area (Å²) in [5, 5.41) is 6.08. The largest absolute Gasteiger partial charge is 0.351 e. The van der Waals surface area contributed by atoms with Gasteiger partial charge in [0.1, 0.15) is 0 Å². The van der Waals surface area contributed by atoms with Crippen LogP contribution in [-0.2, 0) is 9.59 Å². The molecule has 0 saturated heterocycles. The molecule has 1 saturated carbocycles. The number of carbonyl (C=O) groups is 2. The molecular formula is C20H30N2O2. The summed E-state index contributed by atoms with van der Waals surface area (Å²) in [5.74, 6) is 0.240. The molecule has 0 atom stereocenters. The van der Waals surface area contributed by atoms with Crippen LogP contribution in [0.2, 0.25) is 0 Å². The fourth-order valence-electron chi connectivity index (χ4n) is 3.38. The molecule has 1 aliphatic carbocycles. The molecular weight excluding hydrogens is 300 g/mol. The van der Waals surface area contributed by atoms with Gasteiger partial charge in [0, 0.05) is 23.1 Å². The number of anilines is 1. The maximum Gasteiger partial charge on any atom is 0.227 e. The third-order valence-corrected chi connectivity index (χ3v) is 4.46. The third kappa shape index (κ3) is 5.36. The van der Waals surface area contributed by atoms with Gasteiger partial charge in [0.15, 0.2) is 0 Å². The van der Waals surface area contributed by atoms with E-state index in [1.54, 1.807) is 0 Å². The standard InChI is InChI=1S/C20H30N2O2/c1-13-10-14(2)12-17(11-13)21-18(23)15-6-8-16(9-7-15)19(24)22-20(3,4)5/h10-12,15-16H,6-9H2,1-5H3,(H,21,23)(H,22,24). The molecule has 2 amide bonds. The molecule has 132 valence electrons. The highest BCUT2D eigenvalue weighted by Crippen LogP contribution is 2.30. The maximum absolute atomic E-state index is 12.5. The highest BCUT2D eigenvalue weighted by molar-refractivity contribution is 5.93. The van der Waals surface area contributed by atoms with Gasteiger partial charge in [0.05, 0.1) is 0 Å². The van der Waals surface area contributed by atoms with Gasteiger partial charge in [-0.3, -0.25) is 9.59 Å². The Morgan fingerprint density at radius 2 is 1.33 bits per heavy atom. The van der Waals surface area contributed by atoms with Crippen molar-refractivity contribution in [1.29, 1.82) is 0 Å². The summed E-state index contributed by atoms with van der Waals surface area (Å²) in [6.07, 6.45) is 3.12. The predicted molar refractivity (Wildman–Crippen MR) is 97.9 cm³/mol. The van der Waals surface area contributed by atoms with Crippen molar-refractivity contribution in [3.05, 3.63) is 29.3 Å². The van der Waals surface area contributed by atoms with Crippen LogP contribution in [0.4, 0.5) is 5.69 Å². The summed E-state index contributed by atoms with van der Waals surface area (Å²) >= 11 is 0. The van der Waals surface area contributed by atoms with E-state index in [9.17, 15) is 9.59 Å². The lowest BCUT2D eigenvalue weighted by Crippen LogP contribution is -2.45. The van der Waals surface area contributed by atoms with Gasteiger partial charge in [0.25, 0.3) is 0 Å². The van der Waals surface area contributed by atoms with E-state index in [-0.39, 0.29) is 29.2 Å². The molecule has 0 heterocycles. The van der Waals surface area contributed by atoms with Gasteiger partial charge in [-0.1, -0.05) is 6.07 Å². The minimum atomic E-state index is -0.200. The van der Waals surface area contributed by atoms with E-state index in [0.717, 1.165) is 42.5 Å². The zero-order valence-electron chi connectivity index (χ0n) is 15.5. The first-order valence-electron chi connectivity index (χ1n) is 8.85. The smallest absolute Gasteiger partial charge is 0.227 e. The Labute approximate surface area is 145 Å².